The fraction of sp³-hybridized carbons (Fsp3) is 0.455. The maximum Gasteiger partial charge on any atom is 0.161 e. The van der Waals surface area contributed by atoms with Gasteiger partial charge in [0.05, 0.1) is 0 Å². The van der Waals surface area contributed by atoms with E-state index in [1.165, 1.54) is 61.9 Å². The van der Waals surface area contributed by atoms with Gasteiger partial charge in [0.2, 0.25) is 0 Å². The highest BCUT2D eigenvalue weighted by atomic mass is 16.6. The first kappa shape index (κ1) is 15.3. The highest BCUT2D eigenvalue weighted by Gasteiger charge is 2.26. The lowest BCUT2D eigenvalue weighted by atomic mass is 9.85. The molecule has 0 amide bonds. The molecule has 0 saturated carbocycles. The van der Waals surface area contributed by atoms with Crippen molar-refractivity contribution >= 4 is 0 Å². The predicted molar refractivity (Wildman–Crippen MR) is 99.5 cm³/mol. The van der Waals surface area contributed by atoms with Crippen molar-refractivity contribution in [2.24, 2.45) is 0 Å². The van der Waals surface area contributed by atoms with Gasteiger partial charge in [-0.05, 0) is 79.6 Å². The van der Waals surface area contributed by atoms with Gasteiger partial charge in [-0.15, -0.1) is 0 Å². The number of aryl methyl sites for hydroxylation is 1. The largest absolute Gasteiger partial charge is 0.486 e. The second-order valence-electron chi connectivity index (χ2n) is 7.48. The molecule has 1 atom stereocenters. The maximum absolute atomic E-state index is 5.74. The molecule has 0 N–H and O–H groups in total. The molecule has 1 aliphatic carbocycles. The molecule has 1 saturated heterocycles. The standard InChI is InChI=1S/C22H25NO2/c1-2-10-23(9-1)20-7-5-17-13-16(3-4-18(17)14-20)19-6-8-21-22(15-19)25-12-11-24-21/h3-4,6,8,13,15,20H,1-2,5,7,9-12,14H2. The number of hydrogen-bond donors (Lipinski definition) is 0. The van der Waals surface area contributed by atoms with Crippen LogP contribution in [0.25, 0.3) is 11.1 Å². The van der Waals surface area contributed by atoms with Crippen LogP contribution in [-0.2, 0) is 12.8 Å². The van der Waals surface area contributed by atoms with E-state index in [0.717, 1.165) is 17.5 Å². The summed E-state index contributed by atoms with van der Waals surface area (Å²) in [5.41, 5.74) is 5.58. The molecule has 0 aromatic heterocycles. The van der Waals surface area contributed by atoms with Gasteiger partial charge in [0.1, 0.15) is 13.2 Å². The summed E-state index contributed by atoms with van der Waals surface area (Å²) in [5, 5.41) is 0. The SMILES string of the molecule is c1cc2c(cc1-c1ccc3c(c1)OCCO3)CCC(N1CCCC1)C2. The molecule has 2 aromatic rings. The molecule has 3 aliphatic rings. The summed E-state index contributed by atoms with van der Waals surface area (Å²) in [6.07, 6.45) is 6.49. The molecule has 1 fully saturated rings. The van der Waals surface area contributed by atoms with Gasteiger partial charge in [-0.25, -0.2) is 0 Å². The van der Waals surface area contributed by atoms with Crippen molar-refractivity contribution in [3.63, 3.8) is 0 Å². The predicted octanol–water partition coefficient (Wildman–Crippen LogP) is 4.08. The van der Waals surface area contributed by atoms with Crippen LogP contribution in [0.5, 0.6) is 11.5 Å². The van der Waals surface area contributed by atoms with E-state index < -0.39 is 0 Å². The Kier molecular flexibility index (Phi) is 3.90. The monoisotopic (exact) mass is 335 g/mol. The molecule has 25 heavy (non-hydrogen) atoms. The van der Waals surface area contributed by atoms with Crippen LogP contribution in [0.4, 0.5) is 0 Å². The van der Waals surface area contributed by atoms with Gasteiger partial charge in [-0.2, -0.15) is 0 Å². The smallest absolute Gasteiger partial charge is 0.161 e. The van der Waals surface area contributed by atoms with E-state index in [4.69, 9.17) is 9.47 Å². The molecule has 2 aromatic carbocycles. The molecular weight excluding hydrogens is 310 g/mol. The fourth-order valence-corrected chi connectivity index (χ4v) is 4.56. The Bertz CT molecular complexity index is 780. The van der Waals surface area contributed by atoms with Crippen molar-refractivity contribution in [3.8, 4) is 22.6 Å². The van der Waals surface area contributed by atoms with Crippen LogP contribution in [0.2, 0.25) is 0 Å². The summed E-state index contributed by atoms with van der Waals surface area (Å²) in [5.74, 6) is 1.73. The average molecular weight is 335 g/mol. The van der Waals surface area contributed by atoms with E-state index in [1.54, 1.807) is 5.56 Å². The fourth-order valence-electron chi connectivity index (χ4n) is 4.56. The van der Waals surface area contributed by atoms with Crippen molar-refractivity contribution < 1.29 is 9.47 Å². The molecular formula is C22H25NO2. The third kappa shape index (κ3) is 2.91. The molecule has 130 valence electrons. The van der Waals surface area contributed by atoms with Crippen LogP contribution in [0.1, 0.15) is 30.4 Å². The van der Waals surface area contributed by atoms with Gasteiger partial charge in [-0.3, -0.25) is 0 Å². The van der Waals surface area contributed by atoms with Crippen LogP contribution in [-0.4, -0.2) is 37.2 Å². The van der Waals surface area contributed by atoms with E-state index in [9.17, 15) is 0 Å². The zero-order chi connectivity index (χ0) is 16.6. The Morgan fingerprint density at radius 1 is 0.800 bits per heavy atom. The summed E-state index contributed by atoms with van der Waals surface area (Å²) in [6.45, 7) is 3.88. The quantitative estimate of drug-likeness (QED) is 0.825. The minimum Gasteiger partial charge on any atom is -0.486 e. The molecule has 2 heterocycles. The lowest BCUT2D eigenvalue weighted by molar-refractivity contribution is 0.171. The second-order valence-corrected chi connectivity index (χ2v) is 7.48. The van der Waals surface area contributed by atoms with Crippen LogP contribution in [0, 0.1) is 0 Å². The van der Waals surface area contributed by atoms with Crippen molar-refractivity contribution in [2.45, 2.75) is 38.1 Å². The first-order chi connectivity index (χ1) is 12.4. The Labute approximate surface area is 149 Å². The number of nitrogens with zero attached hydrogens (tertiary/aromatic N) is 1. The van der Waals surface area contributed by atoms with Gasteiger partial charge in [0.25, 0.3) is 0 Å². The van der Waals surface area contributed by atoms with E-state index in [1.807, 2.05) is 6.07 Å². The van der Waals surface area contributed by atoms with E-state index >= 15 is 0 Å². The van der Waals surface area contributed by atoms with Crippen LogP contribution < -0.4 is 9.47 Å². The number of fused-ring (bicyclic) bond motifs is 2. The summed E-state index contributed by atoms with van der Waals surface area (Å²) in [6, 6.07) is 14.1. The molecule has 5 rings (SSSR count). The molecule has 0 bridgehead atoms. The number of likely N-dealkylation sites (tertiary alicyclic amines) is 1. The Hall–Kier alpha value is -2.00. The normalized spacial score (nSPS) is 22.6. The minimum absolute atomic E-state index is 0.637. The molecule has 0 radical (unpaired) electrons. The number of ether oxygens (including phenoxy) is 2. The third-order valence-electron chi connectivity index (χ3n) is 5.94. The van der Waals surface area contributed by atoms with E-state index in [2.05, 4.69) is 35.2 Å². The topological polar surface area (TPSA) is 21.7 Å². The van der Waals surface area contributed by atoms with Crippen molar-refractivity contribution in [3.05, 3.63) is 47.5 Å². The minimum atomic E-state index is 0.637. The Morgan fingerprint density at radius 2 is 1.56 bits per heavy atom. The second kappa shape index (κ2) is 6.38. The van der Waals surface area contributed by atoms with Crippen LogP contribution in [0.15, 0.2) is 36.4 Å². The average Bonchev–Trinajstić information content (AvgIpc) is 3.21. The maximum atomic E-state index is 5.74. The summed E-state index contributed by atoms with van der Waals surface area (Å²) >= 11 is 0. The lowest BCUT2D eigenvalue weighted by Crippen LogP contribution is -2.37. The summed E-state index contributed by atoms with van der Waals surface area (Å²) in [7, 11) is 0. The zero-order valence-corrected chi connectivity index (χ0v) is 14.7. The van der Waals surface area contributed by atoms with Crippen molar-refractivity contribution in [1.82, 2.24) is 4.90 Å². The Balaban J connectivity index is 1.40. The molecule has 2 aliphatic heterocycles. The summed E-state index contributed by atoms with van der Waals surface area (Å²) in [4.78, 5) is 2.71. The van der Waals surface area contributed by atoms with E-state index in [0.29, 0.717) is 13.2 Å². The molecule has 3 heteroatoms. The zero-order valence-electron chi connectivity index (χ0n) is 14.7. The van der Waals surface area contributed by atoms with Crippen molar-refractivity contribution in [1.29, 1.82) is 0 Å². The number of rotatable bonds is 2. The van der Waals surface area contributed by atoms with Crippen LogP contribution >= 0.6 is 0 Å². The van der Waals surface area contributed by atoms with Crippen LogP contribution in [0.3, 0.4) is 0 Å². The van der Waals surface area contributed by atoms with E-state index in [-0.39, 0.29) is 0 Å². The molecule has 1 unspecified atom stereocenters. The first-order valence-electron chi connectivity index (χ1n) is 9.63. The first-order valence-corrected chi connectivity index (χ1v) is 9.63. The molecule has 0 spiro atoms. The highest BCUT2D eigenvalue weighted by molar-refractivity contribution is 5.68. The number of benzene rings is 2. The van der Waals surface area contributed by atoms with Gasteiger partial charge >= 0.3 is 0 Å². The lowest BCUT2D eigenvalue weighted by Gasteiger charge is -2.32. The van der Waals surface area contributed by atoms with Gasteiger partial charge in [-0.1, -0.05) is 24.3 Å². The molecule has 3 nitrogen and oxygen atoms in total. The number of hydrogen-bond acceptors (Lipinski definition) is 3. The van der Waals surface area contributed by atoms with Crippen molar-refractivity contribution in [2.75, 3.05) is 26.3 Å². The summed E-state index contributed by atoms with van der Waals surface area (Å²) < 4.78 is 11.4. The van der Waals surface area contributed by atoms with Gasteiger partial charge in [0, 0.05) is 6.04 Å². The third-order valence-corrected chi connectivity index (χ3v) is 5.94. The highest BCUT2D eigenvalue weighted by Crippen LogP contribution is 2.36. The van der Waals surface area contributed by atoms with Gasteiger partial charge < -0.3 is 14.4 Å². The van der Waals surface area contributed by atoms with Gasteiger partial charge in [0.15, 0.2) is 11.5 Å². The Morgan fingerprint density at radius 3 is 2.44 bits per heavy atom.